The fraction of sp³-hybridized carbons (Fsp3) is 0.435. The SMILES string of the molecule is CCC(Oc1ccccc1C)C(=O)NCCCN1CCCc2ccccc21. The minimum atomic E-state index is -0.443. The first-order valence-electron chi connectivity index (χ1n) is 10.0. The number of carbonyl (C=O) groups is 1. The summed E-state index contributed by atoms with van der Waals surface area (Å²) in [6.07, 6.45) is 3.51. The van der Waals surface area contributed by atoms with Crippen LogP contribution in [0, 0.1) is 6.92 Å². The summed E-state index contributed by atoms with van der Waals surface area (Å²) in [7, 11) is 0. The second-order valence-corrected chi connectivity index (χ2v) is 7.14. The number of para-hydroxylation sites is 2. The lowest BCUT2D eigenvalue weighted by molar-refractivity contribution is -0.128. The molecule has 2 aromatic rings. The summed E-state index contributed by atoms with van der Waals surface area (Å²) in [5.41, 5.74) is 3.84. The van der Waals surface area contributed by atoms with Gasteiger partial charge in [-0.05, 0) is 55.9 Å². The summed E-state index contributed by atoms with van der Waals surface area (Å²) < 4.78 is 5.93. The van der Waals surface area contributed by atoms with Crippen LogP contribution in [0.2, 0.25) is 0 Å². The smallest absolute Gasteiger partial charge is 0.261 e. The van der Waals surface area contributed by atoms with Gasteiger partial charge >= 0.3 is 0 Å². The Hall–Kier alpha value is -2.49. The Balaban J connectivity index is 1.46. The predicted octanol–water partition coefficient (Wildman–Crippen LogP) is 4.11. The number of fused-ring (bicyclic) bond motifs is 1. The predicted molar refractivity (Wildman–Crippen MR) is 110 cm³/mol. The Morgan fingerprint density at radius 1 is 1.19 bits per heavy atom. The van der Waals surface area contributed by atoms with Crippen LogP contribution in [-0.4, -0.2) is 31.6 Å². The molecule has 1 heterocycles. The molecule has 4 heteroatoms. The van der Waals surface area contributed by atoms with Gasteiger partial charge in [0.2, 0.25) is 0 Å². The van der Waals surface area contributed by atoms with Gasteiger partial charge in [-0.15, -0.1) is 0 Å². The molecule has 1 aliphatic rings. The number of ether oxygens (including phenoxy) is 1. The minimum absolute atomic E-state index is 0.0280. The van der Waals surface area contributed by atoms with Crippen LogP contribution in [0.1, 0.15) is 37.3 Å². The lowest BCUT2D eigenvalue weighted by Crippen LogP contribution is -2.39. The summed E-state index contributed by atoms with van der Waals surface area (Å²) in [6, 6.07) is 16.5. The zero-order valence-corrected chi connectivity index (χ0v) is 16.4. The van der Waals surface area contributed by atoms with Crippen molar-refractivity contribution in [2.24, 2.45) is 0 Å². The highest BCUT2D eigenvalue weighted by molar-refractivity contribution is 5.81. The maximum atomic E-state index is 12.5. The van der Waals surface area contributed by atoms with Crippen LogP contribution >= 0.6 is 0 Å². The topological polar surface area (TPSA) is 41.6 Å². The summed E-state index contributed by atoms with van der Waals surface area (Å²) in [6.45, 7) is 6.71. The number of rotatable bonds is 8. The Bertz CT molecular complexity index is 760. The number of hydrogen-bond donors (Lipinski definition) is 1. The van der Waals surface area contributed by atoms with E-state index in [1.165, 1.54) is 17.7 Å². The monoisotopic (exact) mass is 366 g/mol. The molecule has 1 aliphatic heterocycles. The maximum absolute atomic E-state index is 12.5. The van der Waals surface area contributed by atoms with E-state index in [4.69, 9.17) is 4.74 Å². The first-order valence-corrected chi connectivity index (χ1v) is 10.0. The second kappa shape index (κ2) is 9.45. The van der Waals surface area contributed by atoms with Gasteiger partial charge in [-0.2, -0.15) is 0 Å². The molecule has 0 spiro atoms. The third kappa shape index (κ3) is 5.03. The molecule has 144 valence electrons. The number of benzene rings is 2. The molecule has 0 aromatic heterocycles. The molecule has 0 saturated heterocycles. The van der Waals surface area contributed by atoms with Gasteiger partial charge in [-0.3, -0.25) is 4.79 Å². The van der Waals surface area contributed by atoms with Crippen molar-refractivity contribution in [1.82, 2.24) is 5.32 Å². The van der Waals surface area contributed by atoms with E-state index in [9.17, 15) is 4.79 Å². The van der Waals surface area contributed by atoms with Gasteiger partial charge in [-0.1, -0.05) is 43.3 Å². The standard InChI is InChI=1S/C23H30N2O2/c1-3-21(27-22-14-7-4-10-18(22)2)23(26)24-15-9-17-25-16-8-12-19-11-5-6-13-20(19)25/h4-7,10-11,13-14,21H,3,8-9,12,15-17H2,1-2H3,(H,24,26). The highest BCUT2D eigenvalue weighted by Crippen LogP contribution is 2.26. The molecule has 1 unspecified atom stereocenters. The highest BCUT2D eigenvalue weighted by Gasteiger charge is 2.19. The fourth-order valence-electron chi connectivity index (χ4n) is 3.60. The van der Waals surface area contributed by atoms with Crippen LogP contribution < -0.4 is 15.0 Å². The Morgan fingerprint density at radius 2 is 1.96 bits per heavy atom. The van der Waals surface area contributed by atoms with Crippen LogP contribution in [0.3, 0.4) is 0 Å². The molecule has 1 amide bonds. The number of carbonyl (C=O) groups excluding carboxylic acids is 1. The number of anilines is 1. The molecule has 4 nitrogen and oxygen atoms in total. The molecule has 0 radical (unpaired) electrons. The molecular formula is C23H30N2O2. The molecule has 3 rings (SSSR count). The van der Waals surface area contributed by atoms with Crippen LogP contribution in [0.4, 0.5) is 5.69 Å². The zero-order chi connectivity index (χ0) is 19.1. The quantitative estimate of drug-likeness (QED) is 0.715. The molecule has 1 N–H and O–H groups in total. The first kappa shape index (κ1) is 19.3. The van der Waals surface area contributed by atoms with Gasteiger partial charge in [0.25, 0.3) is 5.91 Å². The van der Waals surface area contributed by atoms with E-state index in [1.807, 2.05) is 38.1 Å². The van der Waals surface area contributed by atoms with Crippen molar-refractivity contribution < 1.29 is 9.53 Å². The van der Waals surface area contributed by atoms with Gasteiger partial charge in [-0.25, -0.2) is 0 Å². The van der Waals surface area contributed by atoms with E-state index in [0.29, 0.717) is 13.0 Å². The molecule has 27 heavy (non-hydrogen) atoms. The van der Waals surface area contributed by atoms with Gasteiger partial charge in [0.1, 0.15) is 5.75 Å². The van der Waals surface area contributed by atoms with E-state index in [-0.39, 0.29) is 5.91 Å². The lowest BCUT2D eigenvalue weighted by Gasteiger charge is -2.31. The van der Waals surface area contributed by atoms with E-state index >= 15 is 0 Å². The van der Waals surface area contributed by atoms with Crippen molar-refractivity contribution in [3.63, 3.8) is 0 Å². The van der Waals surface area contributed by atoms with Gasteiger partial charge < -0.3 is 15.0 Å². The zero-order valence-electron chi connectivity index (χ0n) is 16.4. The Kier molecular flexibility index (Phi) is 6.74. The fourth-order valence-corrected chi connectivity index (χ4v) is 3.60. The van der Waals surface area contributed by atoms with Crippen LogP contribution in [-0.2, 0) is 11.2 Å². The molecule has 0 bridgehead atoms. The van der Waals surface area contributed by atoms with Crippen molar-refractivity contribution in [1.29, 1.82) is 0 Å². The normalized spacial score (nSPS) is 14.4. The number of aryl methyl sites for hydroxylation is 2. The van der Waals surface area contributed by atoms with Crippen molar-refractivity contribution in [3.05, 3.63) is 59.7 Å². The van der Waals surface area contributed by atoms with Gasteiger partial charge in [0.15, 0.2) is 6.10 Å². The Morgan fingerprint density at radius 3 is 2.78 bits per heavy atom. The van der Waals surface area contributed by atoms with E-state index in [1.54, 1.807) is 0 Å². The largest absolute Gasteiger partial charge is 0.480 e. The second-order valence-electron chi connectivity index (χ2n) is 7.14. The molecular weight excluding hydrogens is 336 g/mol. The average molecular weight is 367 g/mol. The molecule has 2 aromatic carbocycles. The minimum Gasteiger partial charge on any atom is -0.480 e. The summed E-state index contributed by atoms with van der Waals surface area (Å²) in [4.78, 5) is 14.9. The molecule has 0 fully saturated rings. The van der Waals surface area contributed by atoms with Crippen LogP contribution in [0.15, 0.2) is 48.5 Å². The van der Waals surface area contributed by atoms with Crippen molar-refractivity contribution in [2.75, 3.05) is 24.5 Å². The van der Waals surface area contributed by atoms with Crippen LogP contribution in [0.5, 0.6) is 5.75 Å². The third-order valence-electron chi connectivity index (χ3n) is 5.14. The maximum Gasteiger partial charge on any atom is 0.261 e. The summed E-state index contributed by atoms with van der Waals surface area (Å²) >= 11 is 0. The lowest BCUT2D eigenvalue weighted by atomic mass is 10.0. The van der Waals surface area contributed by atoms with Gasteiger partial charge in [0, 0.05) is 25.3 Å². The molecule has 1 atom stereocenters. The summed E-state index contributed by atoms with van der Waals surface area (Å²) in [5, 5.41) is 3.05. The van der Waals surface area contributed by atoms with E-state index < -0.39 is 6.10 Å². The molecule has 0 aliphatic carbocycles. The van der Waals surface area contributed by atoms with Crippen LogP contribution in [0.25, 0.3) is 0 Å². The number of hydrogen-bond acceptors (Lipinski definition) is 3. The first-order chi connectivity index (χ1) is 13.2. The number of nitrogens with one attached hydrogen (secondary N) is 1. The third-order valence-corrected chi connectivity index (χ3v) is 5.14. The van der Waals surface area contributed by atoms with E-state index in [0.717, 1.165) is 37.2 Å². The van der Waals surface area contributed by atoms with Crippen molar-refractivity contribution >= 4 is 11.6 Å². The van der Waals surface area contributed by atoms with Gasteiger partial charge in [0.05, 0.1) is 0 Å². The number of nitrogens with zero attached hydrogens (tertiary/aromatic N) is 1. The summed E-state index contributed by atoms with van der Waals surface area (Å²) in [5.74, 6) is 0.754. The molecule has 0 saturated carbocycles. The van der Waals surface area contributed by atoms with E-state index in [2.05, 4.69) is 34.5 Å². The Labute approximate surface area is 162 Å². The van der Waals surface area contributed by atoms with Crippen molar-refractivity contribution in [2.45, 2.75) is 45.6 Å². The highest BCUT2D eigenvalue weighted by atomic mass is 16.5. The average Bonchev–Trinajstić information content (AvgIpc) is 2.70. The number of amides is 1. The van der Waals surface area contributed by atoms with Crippen molar-refractivity contribution in [3.8, 4) is 5.75 Å².